The molecule has 3 aromatic rings. The summed E-state index contributed by atoms with van der Waals surface area (Å²) < 4.78 is 1.56. The summed E-state index contributed by atoms with van der Waals surface area (Å²) in [4.78, 5) is 20.9. The lowest BCUT2D eigenvalue weighted by atomic mass is 10.1. The monoisotopic (exact) mass is 358 g/mol. The number of halogens is 1. The van der Waals surface area contributed by atoms with Gasteiger partial charge < -0.3 is 11.1 Å². The minimum atomic E-state index is -0.194. The Morgan fingerprint density at radius 2 is 2.04 bits per heavy atom. The molecule has 0 bridgehead atoms. The lowest BCUT2D eigenvalue weighted by molar-refractivity contribution is -0.121. The van der Waals surface area contributed by atoms with E-state index in [1.807, 2.05) is 39.0 Å². The van der Waals surface area contributed by atoms with Crippen LogP contribution in [-0.4, -0.2) is 25.5 Å². The molecule has 1 amide bonds. The fourth-order valence-electron chi connectivity index (χ4n) is 2.84. The number of nitrogen functional groups attached to an aromatic ring is 1. The third kappa shape index (κ3) is 3.41. The second kappa shape index (κ2) is 6.68. The minimum absolute atomic E-state index is 0.118. The number of carbonyl (C=O) groups excluding carboxylic acids is 1. The zero-order valence-corrected chi connectivity index (χ0v) is 15.0. The van der Waals surface area contributed by atoms with Gasteiger partial charge in [-0.25, -0.2) is 4.98 Å². The molecule has 0 spiro atoms. The first kappa shape index (κ1) is 17.2. The van der Waals surface area contributed by atoms with Gasteiger partial charge in [0.25, 0.3) is 5.78 Å². The van der Waals surface area contributed by atoms with Crippen molar-refractivity contribution < 1.29 is 4.79 Å². The Labute approximate surface area is 150 Å². The third-order valence-corrected chi connectivity index (χ3v) is 4.50. The average Bonchev–Trinajstić information content (AvgIpc) is 2.92. The molecule has 2 aromatic heterocycles. The zero-order valence-electron chi connectivity index (χ0n) is 14.2. The van der Waals surface area contributed by atoms with E-state index in [1.54, 1.807) is 10.6 Å². The van der Waals surface area contributed by atoms with Crippen molar-refractivity contribution in [1.82, 2.24) is 24.9 Å². The zero-order chi connectivity index (χ0) is 18.1. The number of hydrogen-bond donors (Lipinski definition) is 2. The Bertz CT molecular complexity index is 952. The predicted molar refractivity (Wildman–Crippen MR) is 96.4 cm³/mol. The van der Waals surface area contributed by atoms with Crippen LogP contribution in [0.3, 0.4) is 0 Å². The molecule has 1 atom stereocenters. The second-order valence-corrected chi connectivity index (χ2v) is 6.34. The van der Waals surface area contributed by atoms with Gasteiger partial charge in [0.2, 0.25) is 11.9 Å². The van der Waals surface area contributed by atoms with Crippen molar-refractivity contribution in [1.29, 1.82) is 0 Å². The van der Waals surface area contributed by atoms with Crippen LogP contribution in [-0.2, 0) is 11.2 Å². The summed E-state index contributed by atoms with van der Waals surface area (Å²) in [5.41, 5.74) is 8.85. The number of hydrogen-bond acceptors (Lipinski definition) is 5. The Morgan fingerprint density at radius 1 is 1.32 bits per heavy atom. The Hall–Kier alpha value is -2.67. The van der Waals surface area contributed by atoms with E-state index in [0.29, 0.717) is 10.8 Å². The average molecular weight is 359 g/mol. The molecule has 0 aliphatic rings. The summed E-state index contributed by atoms with van der Waals surface area (Å²) >= 11 is 6.19. The largest absolute Gasteiger partial charge is 0.366 e. The van der Waals surface area contributed by atoms with Gasteiger partial charge in [0.05, 0.1) is 12.5 Å². The molecular weight excluding hydrogens is 340 g/mol. The van der Waals surface area contributed by atoms with Gasteiger partial charge in [0, 0.05) is 22.0 Å². The number of aromatic nitrogens is 4. The molecule has 0 saturated carbocycles. The van der Waals surface area contributed by atoms with Gasteiger partial charge in [-0.05, 0) is 32.4 Å². The van der Waals surface area contributed by atoms with E-state index >= 15 is 0 Å². The summed E-state index contributed by atoms with van der Waals surface area (Å²) in [6, 6.07) is 7.26. The predicted octanol–water partition coefficient (Wildman–Crippen LogP) is 2.40. The van der Waals surface area contributed by atoms with E-state index in [4.69, 9.17) is 17.3 Å². The number of benzene rings is 1. The summed E-state index contributed by atoms with van der Waals surface area (Å²) in [7, 11) is 0. The van der Waals surface area contributed by atoms with E-state index in [0.717, 1.165) is 22.5 Å². The van der Waals surface area contributed by atoms with E-state index in [-0.39, 0.29) is 24.3 Å². The maximum Gasteiger partial charge on any atom is 0.254 e. The van der Waals surface area contributed by atoms with Crippen LogP contribution in [0.25, 0.3) is 5.78 Å². The van der Waals surface area contributed by atoms with Crippen molar-refractivity contribution in [2.75, 3.05) is 5.73 Å². The van der Waals surface area contributed by atoms with Crippen LogP contribution in [0.15, 0.2) is 24.3 Å². The van der Waals surface area contributed by atoms with E-state index in [2.05, 4.69) is 20.4 Å². The molecule has 2 heterocycles. The van der Waals surface area contributed by atoms with Crippen molar-refractivity contribution in [2.24, 2.45) is 0 Å². The van der Waals surface area contributed by atoms with Crippen LogP contribution < -0.4 is 11.1 Å². The number of carbonyl (C=O) groups is 1. The topological polar surface area (TPSA) is 98.2 Å². The Morgan fingerprint density at radius 3 is 2.76 bits per heavy atom. The number of aryl methyl sites for hydroxylation is 2. The molecule has 0 aliphatic heterocycles. The number of rotatable bonds is 4. The molecule has 0 radical (unpaired) electrons. The van der Waals surface area contributed by atoms with Gasteiger partial charge in [-0.1, -0.05) is 29.8 Å². The van der Waals surface area contributed by atoms with Crippen LogP contribution in [0.1, 0.15) is 35.5 Å². The standard InChI is InChI=1S/C17H19ClN6O/c1-9(12-6-4-5-7-14(12)18)20-15(25)8-13-10(2)21-17-22-16(19)23-24(17)11(13)3/h4-7,9H,8H2,1-3H3,(H2,19,23)(H,20,25)/t9-/m1/s1. The van der Waals surface area contributed by atoms with Gasteiger partial charge in [-0.2, -0.15) is 9.50 Å². The molecule has 3 rings (SSSR count). The highest BCUT2D eigenvalue weighted by Gasteiger charge is 2.17. The van der Waals surface area contributed by atoms with Crippen LogP contribution in [0.5, 0.6) is 0 Å². The first-order valence-electron chi connectivity index (χ1n) is 7.89. The molecule has 0 saturated heterocycles. The molecule has 25 heavy (non-hydrogen) atoms. The van der Waals surface area contributed by atoms with Gasteiger partial charge in [0.15, 0.2) is 0 Å². The molecule has 130 valence electrons. The summed E-state index contributed by atoms with van der Waals surface area (Å²) in [5, 5.41) is 7.71. The molecule has 3 N–H and O–H groups in total. The maximum absolute atomic E-state index is 12.5. The van der Waals surface area contributed by atoms with Crippen molar-refractivity contribution in [3.05, 3.63) is 51.8 Å². The fraction of sp³-hybridized carbons (Fsp3) is 0.294. The SMILES string of the molecule is Cc1nc2nc(N)nn2c(C)c1CC(=O)N[C@H](C)c1ccccc1Cl. The molecular formula is C17H19ClN6O. The van der Waals surface area contributed by atoms with Crippen LogP contribution in [0.2, 0.25) is 5.02 Å². The van der Waals surface area contributed by atoms with Crippen molar-refractivity contribution in [3.8, 4) is 0 Å². The summed E-state index contributed by atoms with van der Waals surface area (Å²) in [6.45, 7) is 5.62. The van der Waals surface area contributed by atoms with Crippen molar-refractivity contribution in [3.63, 3.8) is 0 Å². The van der Waals surface area contributed by atoms with E-state index < -0.39 is 0 Å². The molecule has 0 fully saturated rings. The minimum Gasteiger partial charge on any atom is -0.366 e. The van der Waals surface area contributed by atoms with E-state index in [1.165, 1.54) is 0 Å². The molecule has 0 aliphatic carbocycles. The lowest BCUT2D eigenvalue weighted by Gasteiger charge is -2.17. The first-order chi connectivity index (χ1) is 11.9. The van der Waals surface area contributed by atoms with Gasteiger partial charge in [-0.3, -0.25) is 4.79 Å². The van der Waals surface area contributed by atoms with Gasteiger partial charge >= 0.3 is 0 Å². The molecule has 8 heteroatoms. The van der Waals surface area contributed by atoms with Crippen molar-refractivity contribution >= 4 is 29.2 Å². The second-order valence-electron chi connectivity index (χ2n) is 5.93. The highest BCUT2D eigenvalue weighted by atomic mass is 35.5. The van der Waals surface area contributed by atoms with E-state index in [9.17, 15) is 4.79 Å². The smallest absolute Gasteiger partial charge is 0.254 e. The van der Waals surface area contributed by atoms with Crippen LogP contribution in [0, 0.1) is 13.8 Å². The lowest BCUT2D eigenvalue weighted by Crippen LogP contribution is -2.29. The third-order valence-electron chi connectivity index (χ3n) is 4.15. The maximum atomic E-state index is 12.5. The number of nitrogens with zero attached hydrogens (tertiary/aromatic N) is 4. The fourth-order valence-corrected chi connectivity index (χ4v) is 3.14. The van der Waals surface area contributed by atoms with Crippen LogP contribution in [0.4, 0.5) is 5.95 Å². The number of nitrogens with one attached hydrogen (secondary N) is 1. The summed E-state index contributed by atoms with van der Waals surface area (Å²) in [5.74, 6) is 0.470. The number of anilines is 1. The quantitative estimate of drug-likeness (QED) is 0.746. The first-order valence-corrected chi connectivity index (χ1v) is 8.26. The molecule has 1 aromatic carbocycles. The van der Waals surface area contributed by atoms with Gasteiger partial charge in [-0.15, -0.1) is 5.10 Å². The van der Waals surface area contributed by atoms with Gasteiger partial charge in [0.1, 0.15) is 0 Å². The highest BCUT2D eigenvalue weighted by molar-refractivity contribution is 6.31. The van der Waals surface area contributed by atoms with Crippen molar-refractivity contribution in [2.45, 2.75) is 33.2 Å². The number of nitrogens with two attached hydrogens (primary N) is 1. The normalized spacial score (nSPS) is 12.3. The Balaban J connectivity index is 1.81. The molecule has 7 nitrogen and oxygen atoms in total. The van der Waals surface area contributed by atoms with Crippen LogP contribution >= 0.6 is 11.6 Å². The molecule has 0 unspecified atom stereocenters. The number of amides is 1. The number of fused-ring (bicyclic) bond motifs is 1. The summed E-state index contributed by atoms with van der Waals surface area (Å²) in [6.07, 6.45) is 0.190. The highest BCUT2D eigenvalue weighted by Crippen LogP contribution is 2.22. The Kier molecular flexibility index (Phi) is 4.59.